The van der Waals surface area contributed by atoms with Crippen LogP contribution in [-0.2, 0) is 11.3 Å². The van der Waals surface area contributed by atoms with Gasteiger partial charge in [0.1, 0.15) is 0 Å². The SMILES string of the molecule is CC1(C)CN(CC(O)c2ccc(CN)cc2)CCO1. The van der Waals surface area contributed by atoms with Crippen LogP contribution in [0.25, 0.3) is 0 Å². The summed E-state index contributed by atoms with van der Waals surface area (Å²) < 4.78 is 5.68. The van der Waals surface area contributed by atoms with Gasteiger partial charge in [-0.05, 0) is 25.0 Å². The number of β-amino-alcohol motifs (C(OH)–C–C–N with tert-alkyl or cyclic N) is 1. The third-order valence-electron chi connectivity index (χ3n) is 3.54. The summed E-state index contributed by atoms with van der Waals surface area (Å²) >= 11 is 0. The van der Waals surface area contributed by atoms with E-state index in [0.717, 1.165) is 30.8 Å². The number of benzene rings is 1. The highest BCUT2D eigenvalue weighted by Gasteiger charge is 2.28. The fourth-order valence-corrected chi connectivity index (χ4v) is 2.50. The molecule has 1 aliphatic heterocycles. The highest BCUT2D eigenvalue weighted by Crippen LogP contribution is 2.20. The van der Waals surface area contributed by atoms with Crippen molar-refractivity contribution in [2.45, 2.75) is 32.1 Å². The van der Waals surface area contributed by atoms with Crippen LogP contribution < -0.4 is 5.73 Å². The molecule has 1 aliphatic rings. The van der Waals surface area contributed by atoms with E-state index < -0.39 is 6.10 Å². The number of aliphatic hydroxyl groups is 1. The molecule has 0 saturated carbocycles. The van der Waals surface area contributed by atoms with Crippen LogP contribution in [0.1, 0.15) is 31.1 Å². The number of hydrogen-bond acceptors (Lipinski definition) is 4. The molecule has 0 bridgehead atoms. The van der Waals surface area contributed by atoms with Crippen LogP contribution in [0.15, 0.2) is 24.3 Å². The lowest BCUT2D eigenvalue weighted by molar-refractivity contribution is -0.0932. The van der Waals surface area contributed by atoms with Gasteiger partial charge in [-0.2, -0.15) is 0 Å². The number of rotatable bonds is 4. The second kappa shape index (κ2) is 6.01. The van der Waals surface area contributed by atoms with Crippen LogP contribution in [0.3, 0.4) is 0 Å². The van der Waals surface area contributed by atoms with Gasteiger partial charge >= 0.3 is 0 Å². The predicted molar refractivity (Wildman–Crippen MR) is 75.8 cm³/mol. The lowest BCUT2D eigenvalue weighted by Gasteiger charge is -2.38. The second-order valence-electron chi connectivity index (χ2n) is 5.80. The van der Waals surface area contributed by atoms with Gasteiger partial charge in [-0.15, -0.1) is 0 Å². The normalized spacial score (nSPS) is 21.3. The van der Waals surface area contributed by atoms with Gasteiger partial charge in [-0.1, -0.05) is 24.3 Å². The molecule has 1 aromatic rings. The number of nitrogens with zero attached hydrogens (tertiary/aromatic N) is 1. The smallest absolute Gasteiger partial charge is 0.0916 e. The van der Waals surface area contributed by atoms with Crippen molar-refractivity contribution in [3.63, 3.8) is 0 Å². The average molecular weight is 264 g/mol. The summed E-state index contributed by atoms with van der Waals surface area (Å²) in [6.07, 6.45) is -0.458. The van der Waals surface area contributed by atoms with Crippen molar-refractivity contribution in [1.82, 2.24) is 4.90 Å². The number of hydrogen-bond donors (Lipinski definition) is 2. The second-order valence-corrected chi connectivity index (χ2v) is 5.80. The molecule has 3 N–H and O–H groups in total. The average Bonchev–Trinajstić information content (AvgIpc) is 2.37. The van der Waals surface area contributed by atoms with Gasteiger partial charge in [0.15, 0.2) is 0 Å². The van der Waals surface area contributed by atoms with Crippen molar-refractivity contribution in [3.8, 4) is 0 Å². The fourth-order valence-electron chi connectivity index (χ4n) is 2.50. The third-order valence-corrected chi connectivity index (χ3v) is 3.54. The summed E-state index contributed by atoms with van der Waals surface area (Å²) in [5.74, 6) is 0. The van der Waals surface area contributed by atoms with Gasteiger partial charge in [-0.25, -0.2) is 0 Å². The van der Waals surface area contributed by atoms with Gasteiger partial charge in [0, 0.05) is 26.2 Å². The quantitative estimate of drug-likeness (QED) is 0.860. The van der Waals surface area contributed by atoms with Crippen LogP contribution >= 0.6 is 0 Å². The Morgan fingerprint density at radius 3 is 2.63 bits per heavy atom. The molecule has 106 valence electrons. The van der Waals surface area contributed by atoms with Gasteiger partial charge in [0.25, 0.3) is 0 Å². The Balaban J connectivity index is 1.94. The Labute approximate surface area is 115 Å². The van der Waals surface area contributed by atoms with Crippen LogP contribution in [0.4, 0.5) is 0 Å². The van der Waals surface area contributed by atoms with Gasteiger partial charge < -0.3 is 15.6 Å². The largest absolute Gasteiger partial charge is 0.387 e. The zero-order valence-corrected chi connectivity index (χ0v) is 11.8. The molecule has 1 saturated heterocycles. The molecule has 0 aromatic heterocycles. The minimum absolute atomic E-state index is 0.124. The highest BCUT2D eigenvalue weighted by atomic mass is 16.5. The Kier molecular flexibility index (Phi) is 4.58. The molecule has 1 fully saturated rings. The van der Waals surface area contributed by atoms with Crippen molar-refractivity contribution in [2.24, 2.45) is 5.73 Å². The van der Waals surface area contributed by atoms with Gasteiger partial charge in [0.2, 0.25) is 0 Å². The third kappa shape index (κ3) is 4.01. The summed E-state index contributed by atoms with van der Waals surface area (Å²) in [7, 11) is 0. The summed E-state index contributed by atoms with van der Waals surface area (Å²) in [6, 6.07) is 7.86. The monoisotopic (exact) mass is 264 g/mol. The number of aliphatic hydroxyl groups excluding tert-OH is 1. The van der Waals surface area contributed by atoms with E-state index in [1.165, 1.54) is 0 Å². The van der Waals surface area contributed by atoms with Gasteiger partial charge in [-0.3, -0.25) is 4.90 Å². The molecule has 1 aromatic carbocycles. The van der Waals surface area contributed by atoms with Gasteiger partial charge in [0.05, 0.1) is 18.3 Å². The molecule has 1 unspecified atom stereocenters. The number of ether oxygens (including phenoxy) is 1. The number of morpholine rings is 1. The fraction of sp³-hybridized carbons (Fsp3) is 0.600. The standard InChI is InChI=1S/C15H24N2O2/c1-15(2)11-17(7-8-19-15)10-14(18)13-5-3-12(9-16)4-6-13/h3-6,14,18H,7-11,16H2,1-2H3. The first-order valence-corrected chi connectivity index (χ1v) is 6.83. The van der Waals surface area contributed by atoms with E-state index in [-0.39, 0.29) is 5.60 Å². The first kappa shape index (κ1) is 14.5. The van der Waals surface area contributed by atoms with Crippen molar-refractivity contribution >= 4 is 0 Å². The molecule has 0 radical (unpaired) electrons. The molecule has 0 amide bonds. The first-order chi connectivity index (χ1) is 9.00. The maximum atomic E-state index is 10.3. The molecule has 0 aliphatic carbocycles. The Bertz CT molecular complexity index is 403. The number of nitrogens with two attached hydrogens (primary N) is 1. The zero-order chi connectivity index (χ0) is 13.9. The van der Waals surface area contributed by atoms with E-state index in [2.05, 4.69) is 18.7 Å². The Morgan fingerprint density at radius 1 is 1.37 bits per heavy atom. The van der Waals surface area contributed by atoms with Crippen LogP contribution in [0, 0.1) is 0 Å². The van der Waals surface area contributed by atoms with Crippen molar-refractivity contribution in [2.75, 3.05) is 26.2 Å². The van der Waals surface area contributed by atoms with Crippen molar-refractivity contribution in [3.05, 3.63) is 35.4 Å². The molecule has 4 nitrogen and oxygen atoms in total. The van der Waals surface area contributed by atoms with E-state index in [0.29, 0.717) is 13.1 Å². The summed E-state index contributed by atoms with van der Waals surface area (Å²) in [5.41, 5.74) is 7.48. The zero-order valence-electron chi connectivity index (χ0n) is 11.8. The molecule has 1 atom stereocenters. The summed E-state index contributed by atoms with van der Waals surface area (Å²) in [6.45, 7) is 7.81. The van der Waals surface area contributed by atoms with Crippen molar-refractivity contribution in [1.29, 1.82) is 0 Å². The Hall–Kier alpha value is -0.940. The molecular weight excluding hydrogens is 240 g/mol. The van der Waals surface area contributed by atoms with Crippen LogP contribution in [-0.4, -0.2) is 41.8 Å². The lowest BCUT2D eigenvalue weighted by Crippen LogP contribution is -2.49. The molecule has 0 spiro atoms. The molecular formula is C15H24N2O2. The summed E-state index contributed by atoms with van der Waals surface area (Å²) in [4.78, 5) is 2.25. The molecule has 2 rings (SSSR count). The molecule has 4 heteroatoms. The van der Waals surface area contributed by atoms with E-state index in [1.54, 1.807) is 0 Å². The maximum absolute atomic E-state index is 10.3. The van der Waals surface area contributed by atoms with Crippen LogP contribution in [0.2, 0.25) is 0 Å². The Morgan fingerprint density at radius 2 is 2.05 bits per heavy atom. The lowest BCUT2D eigenvalue weighted by atomic mass is 10.0. The van der Waals surface area contributed by atoms with E-state index in [1.807, 2.05) is 24.3 Å². The predicted octanol–water partition coefficient (Wildman–Crippen LogP) is 1.29. The van der Waals surface area contributed by atoms with E-state index in [9.17, 15) is 5.11 Å². The minimum Gasteiger partial charge on any atom is -0.387 e. The summed E-state index contributed by atoms with van der Waals surface area (Å²) in [5, 5.41) is 10.3. The topological polar surface area (TPSA) is 58.7 Å². The maximum Gasteiger partial charge on any atom is 0.0916 e. The highest BCUT2D eigenvalue weighted by molar-refractivity contribution is 5.24. The molecule has 1 heterocycles. The van der Waals surface area contributed by atoms with E-state index in [4.69, 9.17) is 10.5 Å². The minimum atomic E-state index is -0.458. The molecule has 19 heavy (non-hydrogen) atoms. The van der Waals surface area contributed by atoms with E-state index >= 15 is 0 Å². The van der Waals surface area contributed by atoms with Crippen LogP contribution in [0.5, 0.6) is 0 Å². The first-order valence-electron chi connectivity index (χ1n) is 6.83. The van der Waals surface area contributed by atoms with Crippen molar-refractivity contribution < 1.29 is 9.84 Å².